The molecule has 0 bridgehead atoms. The van der Waals surface area contributed by atoms with Crippen molar-refractivity contribution in [3.05, 3.63) is 0 Å². The standard InChI is InChI=1S/C18H39O4P.Al/c1-2-3-4-5-6-7-8-9-10-11-12-13-14-15-16-17-18-22-23(19,20)21;/h2-18H2,1H3,(H2,19,20,21);/q;+2/p-2. The molecule has 0 aliphatic carbocycles. The summed E-state index contributed by atoms with van der Waals surface area (Å²) in [6.07, 6.45) is 20.3. The molecule has 0 amide bonds. The van der Waals surface area contributed by atoms with E-state index in [0.29, 0.717) is 6.42 Å². The summed E-state index contributed by atoms with van der Waals surface area (Å²) in [5.41, 5.74) is 0. The van der Waals surface area contributed by atoms with Gasteiger partial charge in [-0.3, -0.25) is 0 Å². The van der Waals surface area contributed by atoms with Gasteiger partial charge in [0, 0.05) is 0 Å². The molecule has 0 unspecified atom stereocenters. The Morgan fingerprint density at radius 2 is 0.917 bits per heavy atom. The molecular weight excluding hydrogens is 338 g/mol. The molecule has 1 radical (unpaired) electrons. The molecule has 0 aromatic heterocycles. The van der Waals surface area contributed by atoms with Crippen molar-refractivity contribution in [1.82, 2.24) is 0 Å². The first kappa shape index (κ1) is 26.9. The molecule has 141 valence electrons. The normalized spacial score (nSPS) is 11.5. The fourth-order valence-electron chi connectivity index (χ4n) is 2.83. The molecule has 24 heavy (non-hydrogen) atoms. The van der Waals surface area contributed by atoms with Crippen LogP contribution in [0.1, 0.15) is 110 Å². The van der Waals surface area contributed by atoms with Gasteiger partial charge in [-0.1, -0.05) is 103 Å². The molecule has 0 aromatic carbocycles. The molecule has 0 aromatic rings. The first-order valence-electron chi connectivity index (χ1n) is 9.73. The van der Waals surface area contributed by atoms with Crippen LogP contribution in [0.3, 0.4) is 0 Å². The topological polar surface area (TPSA) is 72.4 Å². The van der Waals surface area contributed by atoms with Gasteiger partial charge in [0.2, 0.25) is 0 Å². The maximum Gasteiger partial charge on any atom is 2.00 e. The Kier molecular flexibility index (Phi) is 22.3. The number of rotatable bonds is 18. The molecule has 0 aliphatic heterocycles. The molecule has 0 saturated heterocycles. The van der Waals surface area contributed by atoms with Gasteiger partial charge in [0.25, 0.3) is 0 Å². The molecule has 6 heteroatoms. The fraction of sp³-hybridized carbons (Fsp3) is 1.00. The minimum atomic E-state index is -4.76. The van der Waals surface area contributed by atoms with Gasteiger partial charge in [-0.2, -0.15) is 0 Å². The second-order valence-corrected chi connectivity index (χ2v) is 7.74. The van der Waals surface area contributed by atoms with Crippen LogP contribution in [-0.2, 0) is 9.09 Å². The summed E-state index contributed by atoms with van der Waals surface area (Å²) in [5, 5.41) is 0. The molecule has 0 heterocycles. The second-order valence-electron chi connectivity index (χ2n) is 6.58. The Morgan fingerprint density at radius 3 is 1.21 bits per heavy atom. The van der Waals surface area contributed by atoms with Crippen molar-refractivity contribution < 1.29 is 18.9 Å². The maximum absolute atomic E-state index is 10.2. The van der Waals surface area contributed by atoms with Crippen molar-refractivity contribution in [2.45, 2.75) is 110 Å². The zero-order valence-corrected chi connectivity index (χ0v) is 17.7. The van der Waals surface area contributed by atoms with Gasteiger partial charge in [0.15, 0.2) is 0 Å². The SMILES string of the molecule is CCCCCCCCCCCCCCCCCCOP(=O)([O-])[O-].[Al+2]. The van der Waals surface area contributed by atoms with Gasteiger partial charge >= 0.3 is 17.4 Å². The first-order chi connectivity index (χ1) is 11.1. The van der Waals surface area contributed by atoms with Crippen molar-refractivity contribution in [1.29, 1.82) is 0 Å². The van der Waals surface area contributed by atoms with Gasteiger partial charge in [-0.15, -0.1) is 0 Å². The van der Waals surface area contributed by atoms with Crippen molar-refractivity contribution >= 4 is 25.2 Å². The van der Waals surface area contributed by atoms with E-state index in [-0.39, 0.29) is 24.0 Å². The maximum atomic E-state index is 10.2. The molecule has 0 N–H and O–H groups in total. The van der Waals surface area contributed by atoms with Crippen LogP contribution >= 0.6 is 7.82 Å². The van der Waals surface area contributed by atoms with Gasteiger partial charge in [0.1, 0.15) is 0 Å². The smallest absolute Gasteiger partial charge is 0.790 e. The van der Waals surface area contributed by atoms with Crippen LogP contribution in [0.15, 0.2) is 0 Å². The zero-order valence-electron chi connectivity index (χ0n) is 15.7. The summed E-state index contributed by atoms with van der Waals surface area (Å²) >= 11 is 0. The van der Waals surface area contributed by atoms with Gasteiger partial charge in [0.05, 0.1) is 14.4 Å². The van der Waals surface area contributed by atoms with E-state index >= 15 is 0 Å². The predicted molar refractivity (Wildman–Crippen MR) is 98.9 cm³/mol. The number of phosphoric acid groups is 1. The van der Waals surface area contributed by atoms with Crippen LogP contribution in [0.2, 0.25) is 0 Å². The van der Waals surface area contributed by atoms with Crippen LogP contribution in [0, 0.1) is 0 Å². The quantitative estimate of drug-likeness (QED) is 0.197. The Hall–Kier alpha value is 0.642. The summed E-state index contributed by atoms with van der Waals surface area (Å²) in [6, 6.07) is 0. The molecule has 0 saturated carbocycles. The number of phosphoric ester groups is 1. The minimum Gasteiger partial charge on any atom is -0.790 e. The number of unbranched alkanes of at least 4 members (excludes halogenated alkanes) is 15. The van der Waals surface area contributed by atoms with Crippen LogP contribution in [0.4, 0.5) is 0 Å². The van der Waals surface area contributed by atoms with Crippen LogP contribution in [0.5, 0.6) is 0 Å². The van der Waals surface area contributed by atoms with E-state index < -0.39 is 7.82 Å². The van der Waals surface area contributed by atoms with Crippen molar-refractivity contribution in [2.75, 3.05) is 6.61 Å². The Balaban J connectivity index is 0. The van der Waals surface area contributed by atoms with Gasteiger partial charge < -0.3 is 18.9 Å². The Morgan fingerprint density at radius 1 is 0.625 bits per heavy atom. The third kappa shape index (κ3) is 24.9. The zero-order chi connectivity index (χ0) is 17.2. The van der Waals surface area contributed by atoms with Crippen LogP contribution in [0.25, 0.3) is 0 Å². The van der Waals surface area contributed by atoms with Crippen LogP contribution in [-0.4, -0.2) is 24.0 Å². The molecule has 0 aliphatic rings. The van der Waals surface area contributed by atoms with Crippen LogP contribution < -0.4 is 9.79 Å². The van der Waals surface area contributed by atoms with Gasteiger partial charge in [-0.25, -0.2) is 0 Å². The Labute approximate surface area is 160 Å². The molecule has 0 atom stereocenters. The summed E-state index contributed by atoms with van der Waals surface area (Å²) in [6.45, 7) is 2.30. The predicted octanol–water partition coefficient (Wildman–Crippen LogP) is 4.71. The first-order valence-corrected chi connectivity index (χ1v) is 11.2. The van der Waals surface area contributed by atoms with Crippen molar-refractivity contribution in [3.63, 3.8) is 0 Å². The fourth-order valence-corrected chi connectivity index (χ4v) is 3.18. The van der Waals surface area contributed by atoms with E-state index in [2.05, 4.69) is 11.4 Å². The summed E-state index contributed by atoms with van der Waals surface area (Å²) < 4.78 is 14.4. The van der Waals surface area contributed by atoms with E-state index in [1.807, 2.05) is 0 Å². The van der Waals surface area contributed by atoms with E-state index in [1.165, 1.54) is 83.5 Å². The second kappa shape index (κ2) is 20.0. The third-order valence-electron chi connectivity index (χ3n) is 4.25. The number of hydrogen-bond acceptors (Lipinski definition) is 4. The van der Waals surface area contributed by atoms with E-state index in [1.54, 1.807) is 0 Å². The average Bonchev–Trinajstić information content (AvgIpc) is 2.49. The van der Waals surface area contributed by atoms with E-state index in [0.717, 1.165) is 12.8 Å². The van der Waals surface area contributed by atoms with E-state index in [9.17, 15) is 14.4 Å². The summed E-state index contributed by atoms with van der Waals surface area (Å²) in [4.78, 5) is 20.5. The van der Waals surface area contributed by atoms with Crippen molar-refractivity contribution in [3.8, 4) is 0 Å². The number of hydrogen-bond donors (Lipinski definition) is 0. The Bertz CT molecular complexity index is 284. The summed E-state index contributed by atoms with van der Waals surface area (Å²) in [7, 11) is -4.76. The molecule has 0 rings (SSSR count). The monoisotopic (exact) mass is 375 g/mol. The largest absolute Gasteiger partial charge is 2.00 e. The molecule has 4 nitrogen and oxygen atoms in total. The minimum absolute atomic E-state index is 0. The average molecular weight is 375 g/mol. The van der Waals surface area contributed by atoms with Crippen molar-refractivity contribution in [2.24, 2.45) is 0 Å². The molecule has 0 fully saturated rings. The third-order valence-corrected chi connectivity index (χ3v) is 4.75. The van der Waals surface area contributed by atoms with Gasteiger partial charge in [-0.05, 0) is 6.42 Å². The molecular formula is C18H37AlO4P. The molecule has 0 spiro atoms. The summed E-state index contributed by atoms with van der Waals surface area (Å²) in [5.74, 6) is 0. The van der Waals surface area contributed by atoms with E-state index in [4.69, 9.17) is 0 Å².